The lowest BCUT2D eigenvalue weighted by Crippen LogP contribution is -2.08. The number of benzene rings is 1. The second kappa shape index (κ2) is 3.89. The van der Waals surface area contributed by atoms with E-state index in [1.54, 1.807) is 6.92 Å². The molecule has 70 valence electrons. The molecular weight excluding hydrogens is 173 g/mol. The van der Waals surface area contributed by atoms with Gasteiger partial charge in [0.1, 0.15) is 0 Å². The van der Waals surface area contributed by atoms with Crippen LogP contribution in [0.4, 0.5) is 10.1 Å². The van der Waals surface area contributed by atoms with E-state index in [1.807, 2.05) is 0 Å². The molecule has 0 aromatic heterocycles. The Morgan fingerprint density at radius 3 is 2.85 bits per heavy atom. The van der Waals surface area contributed by atoms with Gasteiger partial charge in [-0.05, 0) is 12.1 Å². The van der Waals surface area contributed by atoms with E-state index < -0.39 is 11.8 Å². The largest absolute Gasteiger partial charge is 0.421 e. The highest BCUT2D eigenvalue weighted by atomic mass is 19.1. The summed E-state index contributed by atoms with van der Waals surface area (Å²) >= 11 is 0. The Kier molecular flexibility index (Phi) is 2.84. The Morgan fingerprint density at radius 2 is 2.31 bits per heavy atom. The maximum absolute atomic E-state index is 13.0. The Bertz CT molecular complexity index is 305. The van der Waals surface area contributed by atoms with Crippen molar-refractivity contribution in [3.8, 4) is 5.75 Å². The predicted octanol–water partition coefficient (Wildman–Crippen LogP) is 1.72. The van der Waals surface area contributed by atoms with Crippen LogP contribution in [0.25, 0.3) is 0 Å². The molecule has 0 radical (unpaired) electrons. The van der Waals surface area contributed by atoms with Crippen molar-refractivity contribution in [3.63, 3.8) is 0 Å². The van der Waals surface area contributed by atoms with E-state index in [4.69, 9.17) is 5.73 Å². The molecule has 4 heteroatoms. The molecule has 2 N–H and O–H groups in total. The van der Waals surface area contributed by atoms with E-state index in [0.29, 0.717) is 0 Å². The predicted molar refractivity (Wildman–Crippen MR) is 46.7 cm³/mol. The van der Waals surface area contributed by atoms with Crippen molar-refractivity contribution >= 4 is 11.7 Å². The van der Waals surface area contributed by atoms with Gasteiger partial charge in [0.2, 0.25) is 0 Å². The lowest BCUT2D eigenvalue weighted by molar-refractivity contribution is -0.134. The first-order chi connectivity index (χ1) is 6.15. The van der Waals surface area contributed by atoms with E-state index in [9.17, 15) is 9.18 Å². The average Bonchev–Trinajstić information content (AvgIpc) is 2.11. The number of hydrogen-bond acceptors (Lipinski definition) is 3. The minimum atomic E-state index is -0.623. The lowest BCUT2D eigenvalue weighted by atomic mass is 10.3. The minimum absolute atomic E-state index is 0.127. The smallest absolute Gasteiger partial charge is 0.311 e. The average molecular weight is 183 g/mol. The van der Waals surface area contributed by atoms with Gasteiger partial charge in [-0.15, -0.1) is 0 Å². The first-order valence-corrected chi connectivity index (χ1v) is 3.89. The molecule has 0 aliphatic rings. The molecule has 0 bridgehead atoms. The summed E-state index contributed by atoms with van der Waals surface area (Å²) in [6.07, 6.45) is 0.188. The number of para-hydroxylation sites is 1. The quantitative estimate of drug-likeness (QED) is 0.431. The molecule has 0 aliphatic carbocycles. The molecule has 0 saturated carbocycles. The van der Waals surface area contributed by atoms with Crippen molar-refractivity contribution in [2.24, 2.45) is 0 Å². The molecule has 3 nitrogen and oxygen atoms in total. The molecule has 0 amide bonds. The number of anilines is 1. The molecule has 0 spiro atoms. The van der Waals surface area contributed by atoms with Gasteiger partial charge in [-0.25, -0.2) is 4.39 Å². The van der Waals surface area contributed by atoms with Crippen molar-refractivity contribution < 1.29 is 13.9 Å². The van der Waals surface area contributed by atoms with Crippen molar-refractivity contribution in [1.82, 2.24) is 0 Å². The summed E-state index contributed by atoms with van der Waals surface area (Å²) in [5, 5.41) is 0. The van der Waals surface area contributed by atoms with E-state index in [2.05, 4.69) is 4.74 Å². The standard InChI is InChI=1S/C9H10FNO2/c1-2-8(12)13-9-6(10)4-3-5-7(9)11/h3-5H,2,11H2,1H3. The number of rotatable bonds is 2. The number of halogens is 1. The summed E-state index contributed by atoms with van der Waals surface area (Å²) in [6, 6.07) is 4.12. The van der Waals surface area contributed by atoms with Gasteiger partial charge in [0.15, 0.2) is 11.6 Å². The van der Waals surface area contributed by atoms with Crippen molar-refractivity contribution in [2.45, 2.75) is 13.3 Å². The van der Waals surface area contributed by atoms with Crippen LogP contribution in [0.15, 0.2) is 18.2 Å². The van der Waals surface area contributed by atoms with Crippen LogP contribution < -0.4 is 10.5 Å². The molecule has 1 aromatic rings. The molecule has 13 heavy (non-hydrogen) atoms. The Hall–Kier alpha value is -1.58. The minimum Gasteiger partial charge on any atom is -0.421 e. The van der Waals surface area contributed by atoms with Gasteiger partial charge in [0.05, 0.1) is 5.69 Å². The third-order valence-corrected chi connectivity index (χ3v) is 1.50. The van der Waals surface area contributed by atoms with Crippen LogP contribution in [0.3, 0.4) is 0 Å². The topological polar surface area (TPSA) is 52.3 Å². The first kappa shape index (κ1) is 9.51. The van der Waals surface area contributed by atoms with Gasteiger partial charge in [-0.3, -0.25) is 4.79 Å². The molecule has 1 aromatic carbocycles. The summed E-state index contributed by atoms with van der Waals surface area (Å²) in [5.41, 5.74) is 5.53. The summed E-state index contributed by atoms with van der Waals surface area (Å²) in [7, 11) is 0. The summed E-state index contributed by atoms with van der Waals surface area (Å²) in [5.74, 6) is -1.31. The number of esters is 1. The zero-order valence-corrected chi connectivity index (χ0v) is 7.21. The maximum atomic E-state index is 13.0. The van der Waals surface area contributed by atoms with Crippen LogP contribution in [0.5, 0.6) is 5.75 Å². The zero-order chi connectivity index (χ0) is 9.84. The van der Waals surface area contributed by atoms with Crippen LogP contribution in [-0.2, 0) is 4.79 Å². The van der Waals surface area contributed by atoms with Gasteiger partial charge in [0, 0.05) is 6.42 Å². The van der Waals surface area contributed by atoms with Crippen molar-refractivity contribution in [2.75, 3.05) is 5.73 Å². The highest BCUT2D eigenvalue weighted by Gasteiger charge is 2.10. The van der Waals surface area contributed by atoms with Crippen LogP contribution in [0.1, 0.15) is 13.3 Å². The first-order valence-electron chi connectivity index (χ1n) is 3.89. The molecule has 0 saturated heterocycles. The molecular formula is C9H10FNO2. The zero-order valence-electron chi connectivity index (χ0n) is 7.21. The van der Waals surface area contributed by atoms with E-state index in [0.717, 1.165) is 0 Å². The van der Waals surface area contributed by atoms with Crippen LogP contribution in [0, 0.1) is 5.82 Å². The normalized spacial score (nSPS) is 9.69. The van der Waals surface area contributed by atoms with Crippen LogP contribution >= 0.6 is 0 Å². The highest BCUT2D eigenvalue weighted by Crippen LogP contribution is 2.24. The van der Waals surface area contributed by atoms with Crippen molar-refractivity contribution in [1.29, 1.82) is 0 Å². The fourth-order valence-corrected chi connectivity index (χ4v) is 0.819. The van der Waals surface area contributed by atoms with Crippen molar-refractivity contribution in [3.05, 3.63) is 24.0 Å². The number of hydrogen-bond donors (Lipinski definition) is 1. The number of nitrogens with two attached hydrogens (primary N) is 1. The fraction of sp³-hybridized carbons (Fsp3) is 0.222. The Morgan fingerprint density at radius 1 is 1.62 bits per heavy atom. The van der Waals surface area contributed by atoms with Gasteiger partial charge in [-0.1, -0.05) is 13.0 Å². The lowest BCUT2D eigenvalue weighted by Gasteiger charge is -2.06. The number of carbonyl (C=O) groups is 1. The monoisotopic (exact) mass is 183 g/mol. The van der Waals surface area contributed by atoms with E-state index >= 15 is 0 Å². The van der Waals surface area contributed by atoms with Gasteiger partial charge < -0.3 is 10.5 Å². The van der Waals surface area contributed by atoms with Crippen LogP contribution in [-0.4, -0.2) is 5.97 Å². The molecule has 0 heterocycles. The molecule has 0 fully saturated rings. The second-order valence-electron chi connectivity index (χ2n) is 2.49. The number of carbonyl (C=O) groups excluding carboxylic acids is 1. The number of nitrogen functional groups attached to an aromatic ring is 1. The third kappa shape index (κ3) is 2.18. The van der Waals surface area contributed by atoms with Crippen LogP contribution in [0.2, 0.25) is 0 Å². The van der Waals surface area contributed by atoms with Gasteiger partial charge in [0.25, 0.3) is 0 Å². The molecule has 0 atom stereocenters. The summed E-state index contributed by atoms with van der Waals surface area (Å²) in [4.78, 5) is 10.8. The molecule has 1 rings (SSSR count). The molecule has 0 aliphatic heterocycles. The number of ether oxygens (including phenoxy) is 1. The third-order valence-electron chi connectivity index (χ3n) is 1.50. The SMILES string of the molecule is CCC(=O)Oc1c(N)cccc1F. The second-order valence-corrected chi connectivity index (χ2v) is 2.49. The summed E-state index contributed by atoms with van der Waals surface area (Å²) < 4.78 is 17.7. The Labute approximate surface area is 75.3 Å². The summed E-state index contributed by atoms with van der Waals surface area (Å²) in [6.45, 7) is 1.62. The molecule has 0 unspecified atom stereocenters. The maximum Gasteiger partial charge on any atom is 0.311 e. The Balaban J connectivity index is 2.93. The fourth-order valence-electron chi connectivity index (χ4n) is 0.819. The van der Waals surface area contributed by atoms with Gasteiger partial charge in [-0.2, -0.15) is 0 Å². The van der Waals surface area contributed by atoms with E-state index in [-0.39, 0.29) is 17.9 Å². The highest BCUT2D eigenvalue weighted by molar-refractivity contribution is 5.74. The van der Waals surface area contributed by atoms with Gasteiger partial charge >= 0.3 is 5.97 Å². The van der Waals surface area contributed by atoms with E-state index in [1.165, 1.54) is 18.2 Å².